The minimum absolute atomic E-state index is 0. The van der Waals surface area contributed by atoms with Gasteiger partial charge in [0.1, 0.15) is 0 Å². The fourth-order valence-electron chi connectivity index (χ4n) is 3.74. The molecule has 0 aromatic heterocycles. The smallest absolute Gasteiger partial charge is 0.191 e. The van der Waals surface area contributed by atoms with Gasteiger partial charge in [-0.2, -0.15) is 0 Å². The van der Waals surface area contributed by atoms with Crippen LogP contribution < -0.4 is 10.6 Å². The number of hydrogen-bond donors (Lipinski definition) is 2. The molecule has 0 spiro atoms. The molecule has 5 heteroatoms. The van der Waals surface area contributed by atoms with E-state index >= 15 is 0 Å². The predicted octanol–water partition coefficient (Wildman–Crippen LogP) is 2.83. The van der Waals surface area contributed by atoms with Crippen LogP contribution in [0, 0.1) is 11.8 Å². The second kappa shape index (κ2) is 8.87. The van der Waals surface area contributed by atoms with Gasteiger partial charge >= 0.3 is 0 Å². The molecule has 4 nitrogen and oxygen atoms in total. The highest BCUT2D eigenvalue weighted by atomic mass is 127. The van der Waals surface area contributed by atoms with Gasteiger partial charge in [-0.05, 0) is 29.4 Å². The maximum atomic E-state index is 4.40. The molecule has 128 valence electrons. The van der Waals surface area contributed by atoms with E-state index < -0.39 is 0 Å². The molecule has 2 aliphatic heterocycles. The first-order valence-corrected chi connectivity index (χ1v) is 8.52. The summed E-state index contributed by atoms with van der Waals surface area (Å²) in [6.45, 7) is 10.9. The third kappa shape index (κ3) is 5.35. The van der Waals surface area contributed by atoms with E-state index in [0.29, 0.717) is 0 Å². The molecule has 0 aliphatic carbocycles. The summed E-state index contributed by atoms with van der Waals surface area (Å²) < 4.78 is 0. The molecule has 1 aromatic rings. The summed E-state index contributed by atoms with van der Waals surface area (Å²) in [5.74, 6) is 2.56. The minimum Gasteiger partial charge on any atom is -0.355 e. The van der Waals surface area contributed by atoms with Crippen molar-refractivity contribution in [3.63, 3.8) is 0 Å². The van der Waals surface area contributed by atoms with E-state index in [9.17, 15) is 0 Å². The molecule has 0 radical (unpaired) electrons. The number of rotatable bonds is 4. The number of benzene rings is 1. The van der Waals surface area contributed by atoms with Crippen LogP contribution in [-0.4, -0.2) is 37.0 Å². The molecule has 3 rings (SSSR count). The van der Waals surface area contributed by atoms with Gasteiger partial charge in [0.15, 0.2) is 5.96 Å². The lowest BCUT2D eigenvalue weighted by Crippen LogP contribution is -2.38. The van der Waals surface area contributed by atoms with Gasteiger partial charge in [-0.25, -0.2) is 0 Å². The van der Waals surface area contributed by atoms with Gasteiger partial charge in [-0.1, -0.05) is 38.1 Å². The fraction of sp³-hybridized carbons (Fsp3) is 0.611. The Morgan fingerprint density at radius 2 is 1.87 bits per heavy atom. The minimum atomic E-state index is 0. The van der Waals surface area contributed by atoms with E-state index in [2.05, 4.69) is 58.6 Å². The molecule has 1 aromatic carbocycles. The highest BCUT2D eigenvalue weighted by Gasteiger charge is 2.22. The summed E-state index contributed by atoms with van der Waals surface area (Å²) in [6.07, 6.45) is 1.37. The first-order chi connectivity index (χ1) is 10.7. The normalized spacial score (nSPS) is 24.5. The van der Waals surface area contributed by atoms with Gasteiger partial charge in [0.05, 0.1) is 6.54 Å². The van der Waals surface area contributed by atoms with Crippen molar-refractivity contribution in [3.8, 4) is 0 Å². The van der Waals surface area contributed by atoms with Gasteiger partial charge in [-0.3, -0.25) is 9.89 Å². The van der Waals surface area contributed by atoms with Crippen LogP contribution in [0.5, 0.6) is 0 Å². The Balaban J connectivity index is 0.00000192. The average molecular weight is 428 g/mol. The molecule has 2 unspecified atom stereocenters. The van der Waals surface area contributed by atoms with Crippen molar-refractivity contribution in [2.75, 3.05) is 26.2 Å². The van der Waals surface area contributed by atoms with Crippen LogP contribution in [0.25, 0.3) is 0 Å². The van der Waals surface area contributed by atoms with Gasteiger partial charge in [-0.15, -0.1) is 24.0 Å². The second-order valence-electron chi connectivity index (χ2n) is 6.92. The van der Waals surface area contributed by atoms with Crippen molar-refractivity contribution >= 4 is 29.9 Å². The molecule has 0 amide bonds. The topological polar surface area (TPSA) is 39.7 Å². The molecule has 2 atom stereocenters. The highest BCUT2D eigenvalue weighted by Crippen LogP contribution is 2.23. The molecule has 23 heavy (non-hydrogen) atoms. The number of nitrogens with zero attached hydrogens (tertiary/aromatic N) is 2. The Kier molecular flexibility index (Phi) is 7.14. The lowest BCUT2D eigenvalue weighted by atomic mass is 9.91. The van der Waals surface area contributed by atoms with Crippen LogP contribution >= 0.6 is 24.0 Å². The number of guanidine groups is 1. The number of likely N-dealkylation sites (tertiary alicyclic amines) is 1. The summed E-state index contributed by atoms with van der Waals surface area (Å²) in [6, 6.07) is 8.78. The molecular formula is C18H29IN4. The van der Waals surface area contributed by atoms with E-state index in [-0.39, 0.29) is 24.0 Å². The van der Waals surface area contributed by atoms with Crippen LogP contribution in [0.15, 0.2) is 29.3 Å². The maximum Gasteiger partial charge on any atom is 0.191 e. The van der Waals surface area contributed by atoms with Crippen molar-refractivity contribution in [1.82, 2.24) is 15.5 Å². The monoisotopic (exact) mass is 428 g/mol. The molecule has 1 saturated heterocycles. The lowest BCUT2D eigenvalue weighted by Gasteiger charge is -2.35. The maximum absolute atomic E-state index is 4.40. The van der Waals surface area contributed by atoms with Crippen LogP contribution in [0.3, 0.4) is 0 Å². The molecule has 0 bridgehead atoms. The van der Waals surface area contributed by atoms with Crippen molar-refractivity contribution in [3.05, 3.63) is 35.4 Å². The first kappa shape index (κ1) is 18.5. The van der Waals surface area contributed by atoms with Gasteiger partial charge in [0.25, 0.3) is 0 Å². The van der Waals surface area contributed by atoms with Crippen LogP contribution in [-0.2, 0) is 13.1 Å². The largest absolute Gasteiger partial charge is 0.355 e. The molecule has 2 N–H and O–H groups in total. The summed E-state index contributed by atoms with van der Waals surface area (Å²) in [5.41, 5.74) is 2.82. The zero-order valence-electron chi connectivity index (χ0n) is 14.2. The van der Waals surface area contributed by atoms with Crippen LogP contribution in [0.1, 0.15) is 31.4 Å². The molecular weight excluding hydrogens is 399 g/mol. The number of nitrogens with one attached hydrogen (secondary N) is 2. The summed E-state index contributed by atoms with van der Waals surface area (Å²) in [7, 11) is 0. The fourth-order valence-corrected chi connectivity index (χ4v) is 3.74. The zero-order chi connectivity index (χ0) is 15.4. The van der Waals surface area contributed by atoms with E-state index in [4.69, 9.17) is 0 Å². The zero-order valence-corrected chi connectivity index (χ0v) is 16.5. The molecule has 2 aliphatic rings. The Hall–Kier alpha value is -0.820. The third-order valence-electron chi connectivity index (χ3n) is 4.58. The SMILES string of the molecule is CC1CC(C)CN(Cc2ccccc2CNC2=NCCN2)C1.I. The van der Waals surface area contributed by atoms with E-state index in [1.54, 1.807) is 0 Å². The average Bonchev–Trinajstić information content (AvgIpc) is 2.98. The number of aliphatic imine (C=N–C) groups is 1. The van der Waals surface area contributed by atoms with Crippen molar-refractivity contribution in [2.24, 2.45) is 16.8 Å². The summed E-state index contributed by atoms with van der Waals surface area (Å²) >= 11 is 0. The van der Waals surface area contributed by atoms with E-state index in [0.717, 1.165) is 44.0 Å². The Morgan fingerprint density at radius 3 is 2.52 bits per heavy atom. The Bertz CT molecular complexity index is 522. The van der Waals surface area contributed by atoms with Crippen molar-refractivity contribution in [1.29, 1.82) is 0 Å². The quantitative estimate of drug-likeness (QED) is 0.725. The highest BCUT2D eigenvalue weighted by molar-refractivity contribution is 14.0. The molecule has 2 heterocycles. The number of hydrogen-bond acceptors (Lipinski definition) is 4. The Labute approximate surface area is 157 Å². The Morgan fingerprint density at radius 1 is 1.17 bits per heavy atom. The second-order valence-corrected chi connectivity index (χ2v) is 6.92. The van der Waals surface area contributed by atoms with Gasteiger partial charge in [0.2, 0.25) is 0 Å². The van der Waals surface area contributed by atoms with E-state index in [1.807, 2.05) is 0 Å². The lowest BCUT2D eigenvalue weighted by molar-refractivity contribution is 0.134. The standard InChI is InChI=1S/C18H28N4.HI/c1-14-9-15(2)12-22(11-14)13-17-6-4-3-5-16(17)10-21-18-19-7-8-20-18;/h3-6,14-15H,7-13H2,1-2H3,(H2,19,20,21);1H. The van der Waals surface area contributed by atoms with Gasteiger partial charge < -0.3 is 10.6 Å². The third-order valence-corrected chi connectivity index (χ3v) is 4.58. The predicted molar refractivity (Wildman–Crippen MR) is 107 cm³/mol. The molecule has 0 saturated carbocycles. The van der Waals surface area contributed by atoms with Crippen LogP contribution in [0.4, 0.5) is 0 Å². The van der Waals surface area contributed by atoms with E-state index in [1.165, 1.54) is 30.6 Å². The van der Waals surface area contributed by atoms with Crippen molar-refractivity contribution in [2.45, 2.75) is 33.4 Å². The molecule has 1 fully saturated rings. The summed E-state index contributed by atoms with van der Waals surface area (Å²) in [5, 5.41) is 6.68. The van der Waals surface area contributed by atoms with Crippen molar-refractivity contribution < 1.29 is 0 Å². The van der Waals surface area contributed by atoms with Crippen LogP contribution in [0.2, 0.25) is 0 Å². The number of piperidine rings is 1. The van der Waals surface area contributed by atoms with Gasteiger partial charge in [0, 0.05) is 32.7 Å². The number of halogens is 1. The first-order valence-electron chi connectivity index (χ1n) is 8.52. The summed E-state index contributed by atoms with van der Waals surface area (Å²) in [4.78, 5) is 7.01.